The average molecular weight is 237 g/mol. The van der Waals surface area contributed by atoms with Crippen LogP contribution in [0.5, 0.6) is 0 Å². The highest BCUT2D eigenvalue weighted by Gasteiger charge is 2.02. The zero-order valence-electron chi connectivity index (χ0n) is 11.0. The van der Waals surface area contributed by atoms with E-state index in [4.69, 9.17) is 10.5 Å². The maximum absolute atomic E-state index is 5.53. The first-order chi connectivity index (χ1) is 8.11. The molecule has 0 radical (unpaired) electrons. The van der Waals surface area contributed by atoms with Crippen molar-refractivity contribution in [1.29, 1.82) is 0 Å². The van der Waals surface area contributed by atoms with Gasteiger partial charge < -0.3 is 10.5 Å². The zero-order chi connectivity index (χ0) is 12.7. The molecule has 0 fully saturated rings. The largest absolute Gasteiger partial charge is 0.377 e. The summed E-state index contributed by atoms with van der Waals surface area (Å²) in [6.45, 7) is 7.16. The third-order valence-corrected chi connectivity index (χ3v) is 2.48. The van der Waals surface area contributed by atoms with Gasteiger partial charge >= 0.3 is 0 Å². The van der Waals surface area contributed by atoms with Crippen LogP contribution in [0.25, 0.3) is 0 Å². The maximum Gasteiger partial charge on any atom is 0.0596 e. The highest BCUT2D eigenvalue weighted by atomic mass is 16.5. The van der Waals surface area contributed by atoms with Gasteiger partial charge in [-0.15, -0.1) is 0 Å². The van der Waals surface area contributed by atoms with E-state index in [-0.39, 0.29) is 0 Å². The Morgan fingerprint density at radius 2 is 2.18 bits per heavy atom. The lowest BCUT2D eigenvalue weighted by atomic mass is 10.2. The Balaban J connectivity index is 2.31. The highest BCUT2D eigenvalue weighted by molar-refractivity contribution is 5.13. The van der Waals surface area contributed by atoms with Crippen LogP contribution in [0.1, 0.15) is 25.1 Å². The summed E-state index contributed by atoms with van der Waals surface area (Å²) in [4.78, 5) is 6.57. The molecule has 0 bridgehead atoms. The van der Waals surface area contributed by atoms with Gasteiger partial charge in [-0.25, -0.2) is 0 Å². The minimum atomic E-state index is 0.297. The summed E-state index contributed by atoms with van der Waals surface area (Å²) in [5.41, 5.74) is 7.66. The number of nitrogens with zero attached hydrogens (tertiary/aromatic N) is 2. The number of likely N-dealkylation sites (N-methyl/N-ethyl adjacent to an activating group) is 1. The second-order valence-electron chi connectivity index (χ2n) is 4.52. The van der Waals surface area contributed by atoms with E-state index >= 15 is 0 Å². The summed E-state index contributed by atoms with van der Waals surface area (Å²) in [6, 6.07) is 4.06. The van der Waals surface area contributed by atoms with Crippen LogP contribution in [0.15, 0.2) is 18.3 Å². The van der Waals surface area contributed by atoms with E-state index in [0.29, 0.717) is 12.6 Å². The third kappa shape index (κ3) is 5.77. The summed E-state index contributed by atoms with van der Waals surface area (Å²) >= 11 is 0. The lowest BCUT2D eigenvalue weighted by molar-refractivity contribution is 0.0625. The van der Waals surface area contributed by atoms with Crippen LogP contribution in [0.4, 0.5) is 0 Å². The molecule has 0 saturated carbocycles. The van der Waals surface area contributed by atoms with E-state index in [1.165, 1.54) is 0 Å². The first kappa shape index (κ1) is 14.1. The molecule has 96 valence electrons. The van der Waals surface area contributed by atoms with E-state index in [9.17, 15) is 0 Å². The summed E-state index contributed by atoms with van der Waals surface area (Å²) in [5, 5.41) is 0. The minimum Gasteiger partial charge on any atom is -0.377 e. The standard InChI is InChI=1S/C13H23N3O/c1-11(2)17-7-6-16(3)10-13-5-4-12(8-14)9-15-13/h4-5,9,11H,6-8,10,14H2,1-3H3. The molecular weight excluding hydrogens is 214 g/mol. The topological polar surface area (TPSA) is 51.4 Å². The SMILES string of the molecule is CC(C)OCCN(C)Cc1ccc(CN)cn1. The van der Waals surface area contributed by atoms with Crippen LogP contribution in [0.2, 0.25) is 0 Å². The van der Waals surface area contributed by atoms with Crippen molar-refractivity contribution in [3.8, 4) is 0 Å². The Morgan fingerprint density at radius 1 is 1.41 bits per heavy atom. The minimum absolute atomic E-state index is 0.297. The summed E-state index contributed by atoms with van der Waals surface area (Å²) in [5.74, 6) is 0. The van der Waals surface area contributed by atoms with Crippen molar-refractivity contribution in [2.24, 2.45) is 5.73 Å². The van der Waals surface area contributed by atoms with Gasteiger partial charge in [0.25, 0.3) is 0 Å². The van der Waals surface area contributed by atoms with Gasteiger partial charge in [0.05, 0.1) is 18.4 Å². The zero-order valence-corrected chi connectivity index (χ0v) is 11.0. The van der Waals surface area contributed by atoms with Crippen molar-refractivity contribution < 1.29 is 4.74 Å². The summed E-state index contributed by atoms with van der Waals surface area (Å²) < 4.78 is 5.51. The molecule has 2 N–H and O–H groups in total. The number of hydrogen-bond donors (Lipinski definition) is 1. The van der Waals surface area contributed by atoms with E-state index < -0.39 is 0 Å². The lowest BCUT2D eigenvalue weighted by Gasteiger charge is -2.17. The van der Waals surface area contributed by atoms with Gasteiger partial charge in [-0.05, 0) is 32.5 Å². The fourth-order valence-corrected chi connectivity index (χ4v) is 1.47. The van der Waals surface area contributed by atoms with E-state index in [1.54, 1.807) is 0 Å². The molecule has 0 unspecified atom stereocenters. The van der Waals surface area contributed by atoms with Crippen LogP contribution in [-0.2, 0) is 17.8 Å². The molecule has 1 aromatic heterocycles. The van der Waals surface area contributed by atoms with Crippen molar-refractivity contribution in [2.45, 2.75) is 33.0 Å². The van der Waals surface area contributed by atoms with Crippen LogP contribution < -0.4 is 5.73 Å². The monoisotopic (exact) mass is 237 g/mol. The molecule has 0 aliphatic heterocycles. The lowest BCUT2D eigenvalue weighted by Crippen LogP contribution is -2.24. The van der Waals surface area contributed by atoms with Crippen LogP contribution in [0, 0.1) is 0 Å². The Bertz CT molecular complexity index is 311. The number of aromatic nitrogens is 1. The number of ether oxygens (including phenoxy) is 1. The van der Waals surface area contributed by atoms with Crippen LogP contribution >= 0.6 is 0 Å². The average Bonchev–Trinajstić information content (AvgIpc) is 2.29. The number of rotatable bonds is 7. The molecule has 0 atom stereocenters. The van der Waals surface area contributed by atoms with Gasteiger partial charge in [-0.3, -0.25) is 9.88 Å². The quantitative estimate of drug-likeness (QED) is 0.779. The highest BCUT2D eigenvalue weighted by Crippen LogP contribution is 2.02. The molecule has 1 rings (SSSR count). The first-order valence-corrected chi connectivity index (χ1v) is 6.06. The summed E-state index contributed by atoms with van der Waals surface area (Å²) in [6.07, 6.45) is 2.14. The molecule has 1 aromatic rings. The molecule has 0 saturated heterocycles. The van der Waals surface area contributed by atoms with E-state index in [2.05, 4.69) is 16.9 Å². The molecule has 17 heavy (non-hydrogen) atoms. The molecule has 0 aliphatic rings. The molecule has 0 amide bonds. The Labute approximate surface area is 104 Å². The van der Waals surface area contributed by atoms with Crippen molar-refractivity contribution in [2.75, 3.05) is 20.2 Å². The van der Waals surface area contributed by atoms with Crippen LogP contribution in [0.3, 0.4) is 0 Å². The number of pyridine rings is 1. The van der Waals surface area contributed by atoms with Crippen LogP contribution in [-0.4, -0.2) is 36.2 Å². The summed E-state index contributed by atoms with van der Waals surface area (Å²) in [7, 11) is 2.07. The van der Waals surface area contributed by atoms with E-state index in [0.717, 1.165) is 31.0 Å². The molecule has 0 spiro atoms. The van der Waals surface area contributed by atoms with Gasteiger partial charge in [0.15, 0.2) is 0 Å². The fourth-order valence-electron chi connectivity index (χ4n) is 1.47. The van der Waals surface area contributed by atoms with Gasteiger partial charge in [-0.1, -0.05) is 6.07 Å². The third-order valence-electron chi connectivity index (χ3n) is 2.48. The van der Waals surface area contributed by atoms with Crippen molar-refractivity contribution >= 4 is 0 Å². The molecular formula is C13H23N3O. The first-order valence-electron chi connectivity index (χ1n) is 6.06. The predicted molar refractivity (Wildman–Crippen MR) is 69.6 cm³/mol. The molecule has 4 nitrogen and oxygen atoms in total. The van der Waals surface area contributed by atoms with Crippen molar-refractivity contribution in [1.82, 2.24) is 9.88 Å². The van der Waals surface area contributed by atoms with Gasteiger partial charge in [0.1, 0.15) is 0 Å². The second kappa shape index (κ2) is 7.37. The Morgan fingerprint density at radius 3 is 2.71 bits per heavy atom. The van der Waals surface area contributed by atoms with Gasteiger partial charge in [0.2, 0.25) is 0 Å². The Kier molecular flexibility index (Phi) is 6.11. The Hall–Kier alpha value is -0.970. The van der Waals surface area contributed by atoms with Crippen molar-refractivity contribution in [3.63, 3.8) is 0 Å². The van der Waals surface area contributed by atoms with E-state index in [1.807, 2.05) is 32.2 Å². The predicted octanol–water partition coefficient (Wildman–Crippen LogP) is 1.40. The molecule has 4 heteroatoms. The smallest absolute Gasteiger partial charge is 0.0596 e. The van der Waals surface area contributed by atoms with Gasteiger partial charge in [0, 0.05) is 25.8 Å². The second-order valence-corrected chi connectivity index (χ2v) is 4.52. The number of nitrogens with two attached hydrogens (primary N) is 1. The molecule has 0 aliphatic carbocycles. The van der Waals surface area contributed by atoms with Crippen molar-refractivity contribution in [3.05, 3.63) is 29.6 Å². The maximum atomic E-state index is 5.53. The normalized spacial score (nSPS) is 11.4. The number of hydrogen-bond acceptors (Lipinski definition) is 4. The van der Waals surface area contributed by atoms with Gasteiger partial charge in [-0.2, -0.15) is 0 Å². The molecule has 1 heterocycles. The fraction of sp³-hybridized carbons (Fsp3) is 0.615. The molecule has 0 aromatic carbocycles.